The van der Waals surface area contributed by atoms with Crippen LogP contribution in [0.5, 0.6) is 0 Å². The van der Waals surface area contributed by atoms with Gasteiger partial charge < -0.3 is 4.98 Å². The van der Waals surface area contributed by atoms with Gasteiger partial charge in [-0.25, -0.2) is 5.54 Å². The van der Waals surface area contributed by atoms with Crippen molar-refractivity contribution in [3.8, 4) is 0 Å². The van der Waals surface area contributed by atoms with Crippen LogP contribution in [0.4, 0.5) is 10.3 Å². The number of nitrogens with one attached hydrogen (secondary N) is 2. The van der Waals surface area contributed by atoms with Crippen molar-refractivity contribution in [2.75, 3.05) is 5.54 Å². The molecule has 0 saturated heterocycles. The van der Waals surface area contributed by atoms with Crippen molar-refractivity contribution in [3.05, 3.63) is 18.3 Å². The lowest BCUT2D eigenvalue weighted by Crippen LogP contribution is -1.77. The third-order valence-electron chi connectivity index (χ3n) is 0.700. The van der Waals surface area contributed by atoms with Gasteiger partial charge in [-0.2, -0.15) is 0 Å². The van der Waals surface area contributed by atoms with Gasteiger partial charge in [0.05, 0.1) is 0 Å². The van der Waals surface area contributed by atoms with Gasteiger partial charge in [0.2, 0.25) is 0 Å². The number of rotatable bonds is 1. The van der Waals surface area contributed by atoms with Crippen LogP contribution < -0.4 is 5.54 Å². The molecule has 0 aliphatic rings. The Labute approximate surface area is 40.3 Å². The number of halogens is 1. The van der Waals surface area contributed by atoms with E-state index in [-0.39, 0.29) is 0 Å². The van der Waals surface area contributed by atoms with Crippen molar-refractivity contribution in [3.63, 3.8) is 0 Å². The normalized spacial score (nSPS) is 8.71. The molecular weight excluding hydrogens is 95.1 g/mol. The van der Waals surface area contributed by atoms with Crippen molar-refractivity contribution in [1.82, 2.24) is 4.98 Å². The summed E-state index contributed by atoms with van der Waals surface area (Å²) in [6.07, 6.45) is 1.64. The molecule has 1 heterocycles. The van der Waals surface area contributed by atoms with Crippen LogP contribution in [0.1, 0.15) is 0 Å². The molecular formula is C4H5FN2. The highest BCUT2D eigenvalue weighted by Crippen LogP contribution is 1.98. The molecule has 1 rings (SSSR count). The van der Waals surface area contributed by atoms with E-state index in [9.17, 15) is 4.48 Å². The van der Waals surface area contributed by atoms with Crippen LogP contribution in [0, 0.1) is 0 Å². The van der Waals surface area contributed by atoms with Gasteiger partial charge in [0.15, 0.2) is 0 Å². The average Bonchev–Trinajstić information content (AvgIpc) is 2.14. The van der Waals surface area contributed by atoms with Gasteiger partial charge in [-0.1, -0.05) is 0 Å². The summed E-state index contributed by atoms with van der Waals surface area (Å²) in [4.78, 5) is 2.60. The van der Waals surface area contributed by atoms with Gasteiger partial charge in [0, 0.05) is 6.20 Å². The SMILES string of the molecule is FNc1ccc[nH]1. The van der Waals surface area contributed by atoms with Crippen LogP contribution in [0.2, 0.25) is 0 Å². The highest BCUT2D eigenvalue weighted by molar-refractivity contribution is 5.30. The number of hydrogen-bond acceptors (Lipinski definition) is 1. The van der Waals surface area contributed by atoms with E-state index in [4.69, 9.17) is 0 Å². The molecule has 2 N–H and O–H groups in total. The van der Waals surface area contributed by atoms with E-state index in [1.165, 1.54) is 5.54 Å². The molecule has 0 aliphatic heterocycles. The van der Waals surface area contributed by atoms with Crippen LogP contribution >= 0.6 is 0 Å². The Bertz CT molecular complexity index is 124. The van der Waals surface area contributed by atoms with Crippen LogP contribution in [0.15, 0.2) is 18.3 Å². The Morgan fingerprint density at radius 1 is 1.71 bits per heavy atom. The number of aromatic amines is 1. The Morgan fingerprint density at radius 3 is 2.86 bits per heavy atom. The molecule has 0 spiro atoms. The van der Waals surface area contributed by atoms with Crippen molar-refractivity contribution >= 4 is 5.82 Å². The topological polar surface area (TPSA) is 27.8 Å². The summed E-state index contributed by atoms with van der Waals surface area (Å²) in [6, 6.07) is 3.31. The first-order valence-corrected chi connectivity index (χ1v) is 1.93. The van der Waals surface area contributed by atoms with Crippen LogP contribution in [0.25, 0.3) is 0 Å². The Morgan fingerprint density at radius 2 is 2.57 bits per heavy atom. The maximum absolute atomic E-state index is 11.3. The standard InChI is InChI=1S/C4H5FN2/c5-7-4-2-1-3-6-4/h1-3,6-7H. The molecule has 0 aliphatic carbocycles. The smallest absolute Gasteiger partial charge is 0.132 e. The molecule has 0 atom stereocenters. The summed E-state index contributed by atoms with van der Waals surface area (Å²) >= 11 is 0. The fraction of sp³-hybridized carbons (Fsp3) is 0. The molecule has 0 radical (unpaired) electrons. The summed E-state index contributed by atoms with van der Waals surface area (Å²) in [5.74, 6) is 0.389. The van der Waals surface area contributed by atoms with E-state index < -0.39 is 0 Å². The molecule has 3 heteroatoms. The summed E-state index contributed by atoms with van der Waals surface area (Å²) < 4.78 is 11.3. The van der Waals surface area contributed by atoms with Crippen molar-refractivity contribution in [1.29, 1.82) is 0 Å². The first-order chi connectivity index (χ1) is 3.43. The van der Waals surface area contributed by atoms with E-state index >= 15 is 0 Å². The number of anilines is 1. The van der Waals surface area contributed by atoms with Crippen molar-refractivity contribution in [2.24, 2.45) is 0 Å². The second-order valence-electron chi connectivity index (χ2n) is 1.18. The van der Waals surface area contributed by atoms with E-state index in [1.54, 1.807) is 18.3 Å². The highest BCUT2D eigenvalue weighted by Gasteiger charge is 1.81. The third kappa shape index (κ3) is 0.707. The lowest BCUT2D eigenvalue weighted by atomic mass is 10.6. The maximum atomic E-state index is 11.3. The summed E-state index contributed by atoms with van der Waals surface area (Å²) in [7, 11) is 0. The first-order valence-electron chi connectivity index (χ1n) is 1.93. The average molecular weight is 100 g/mol. The lowest BCUT2D eigenvalue weighted by molar-refractivity contribution is 0.613. The minimum atomic E-state index is 0.389. The molecule has 0 unspecified atom stereocenters. The van der Waals surface area contributed by atoms with Crippen LogP contribution in [0.3, 0.4) is 0 Å². The summed E-state index contributed by atoms with van der Waals surface area (Å²) in [5, 5.41) is 0. The van der Waals surface area contributed by atoms with E-state index in [1.807, 2.05) is 0 Å². The van der Waals surface area contributed by atoms with Gasteiger partial charge >= 0.3 is 0 Å². The van der Waals surface area contributed by atoms with Crippen LogP contribution in [-0.2, 0) is 0 Å². The molecule has 7 heavy (non-hydrogen) atoms. The van der Waals surface area contributed by atoms with Crippen molar-refractivity contribution in [2.45, 2.75) is 0 Å². The molecule has 0 aromatic carbocycles. The van der Waals surface area contributed by atoms with Gasteiger partial charge in [-0.05, 0) is 12.1 Å². The largest absolute Gasteiger partial charge is 0.347 e. The third-order valence-corrected chi connectivity index (χ3v) is 0.700. The molecule has 1 aromatic rings. The molecule has 0 amide bonds. The number of aromatic nitrogens is 1. The predicted octanol–water partition coefficient (Wildman–Crippen LogP) is 1.31. The van der Waals surface area contributed by atoms with Gasteiger partial charge in [-0.15, -0.1) is 4.48 Å². The van der Waals surface area contributed by atoms with E-state index in [2.05, 4.69) is 4.98 Å². The molecule has 0 bridgehead atoms. The van der Waals surface area contributed by atoms with Gasteiger partial charge in [-0.3, -0.25) is 0 Å². The lowest BCUT2D eigenvalue weighted by Gasteiger charge is -1.82. The zero-order chi connectivity index (χ0) is 5.11. The Hall–Kier alpha value is -0.990. The highest BCUT2D eigenvalue weighted by atomic mass is 19.2. The second kappa shape index (κ2) is 1.64. The monoisotopic (exact) mass is 100 g/mol. The van der Waals surface area contributed by atoms with Gasteiger partial charge in [0.25, 0.3) is 0 Å². The minimum Gasteiger partial charge on any atom is -0.347 e. The Balaban J connectivity index is 2.76. The Kier molecular flexibility index (Phi) is 0.978. The second-order valence-corrected chi connectivity index (χ2v) is 1.18. The first kappa shape index (κ1) is 4.18. The summed E-state index contributed by atoms with van der Waals surface area (Å²) in [5.41, 5.74) is 1.45. The van der Waals surface area contributed by atoms with E-state index in [0.717, 1.165) is 0 Å². The zero-order valence-corrected chi connectivity index (χ0v) is 3.61. The quantitative estimate of drug-likeness (QED) is 0.511. The maximum Gasteiger partial charge on any atom is 0.132 e. The molecule has 38 valence electrons. The molecule has 0 saturated carbocycles. The molecule has 1 aromatic heterocycles. The number of H-pyrrole nitrogens is 1. The fourth-order valence-corrected chi connectivity index (χ4v) is 0.389. The fourth-order valence-electron chi connectivity index (χ4n) is 0.389. The molecule has 2 nitrogen and oxygen atoms in total. The summed E-state index contributed by atoms with van der Waals surface area (Å²) in [6.45, 7) is 0. The zero-order valence-electron chi connectivity index (χ0n) is 3.61. The number of hydrogen-bond donors (Lipinski definition) is 2. The van der Waals surface area contributed by atoms with Gasteiger partial charge in [0.1, 0.15) is 5.82 Å². The van der Waals surface area contributed by atoms with Crippen LogP contribution in [-0.4, -0.2) is 4.98 Å². The molecule has 0 fully saturated rings. The predicted molar refractivity (Wildman–Crippen MR) is 25.5 cm³/mol. The van der Waals surface area contributed by atoms with E-state index in [0.29, 0.717) is 5.82 Å². The van der Waals surface area contributed by atoms with Crippen molar-refractivity contribution < 1.29 is 4.48 Å². The minimum absolute atomic E-state index is 0.389.